The largest absolute Gasteiger partial charge is 0.331 e. The lowest BCUT2D eigenvalue weighted by Gasteiger charge is -2.22. The van der Waals surface area contributed by atoms with Gasteiger partial charge in [0, 0.05) is 30.7 Å². The molecule has 2 heterocycles. The second-order valence-electron chi connectivity index (χ2n) is 6.03. The van der Waals surface area contributed by atoms with Crippen LogP contribution in [0, 0.1) is 13.8 Å². The van der Waals surface area contributed by atoms with Gasteiger partial charge >= 0.3 is 6.03 Å². The molecule has 0 aliphatic heterocycles. The van der Waals surface area contributed by atoms with E-state index in [1.165, 1.54) is 0 Å². The van der Waals surface area contributed by atoms with E-state index >= 15 is 0 Å². The predicted molar refractivity (Wildman–Crippen MR) is 94.7 cm³/mol. The molecule has 2 rings (SSSR count). The van der Waals surface area contributed by atoms with E-state index in [-0.39, 0.29) is 18.1 Å². The van der Waals surface area contributed by atoms with E-state index in [0.717, 1.165) is 35.4 Å². The minimum atomic E-state index is -0.159. The molecule has 130 valence electrons. The number of hydrogen-bond donors (Lipinski definition) is 2. The Morgan fingerprint density at radius 3 is 2.21 bits per heavy atom. The maximum absolute atomic E-state index is 12.5. The summed E-state index contributed by atoms with van der Waals surface area (Å²) in [6.45, 7) is 8.13. The quantitative estimate of drug-likeness (QED) is 0.854. The monoisotopic (exact) mass is 329 g/mol. The zero-order valence-corrected chi connectivity index (χ0v) is 15.1. The van der Waals surface area contributed by atoms with Crippen molar-refractivity contribution in [1.82, 2.24) is 25.4 Å². The topological polar surface area (TPSA) is 71.8 Å². The third-order valence-electron chi connectivity index (χ3n) is 4.45. The lowest BCUT2D eigenvalue weighted by Crippen LogP contribution is -2.40. The number of nitrogens with zero attached hydrogens (tertiary/aromatic N) is 3. The van der Waals surface area contributed by atoms with Crippen LogP contribution in [-0.4, -0.2) is 20.8 Å². The first-order valence-electron chi connectivity index (χ1n) is 8.44. The zero-order chi connectivity index (χ0) is 17.7. The zero-order valence-electron chi connectivity index (χ0n) is 15.1. The van der Waals surface area contributed by atoms with E-state index in [0.29, 0.717) is 0 Å². The SMILES string of the molecule is CC[C@@H](NC(=O)N[C@H](CC)c1c(C)nn(C)c1C)c1ccncc1. The Balaban J connectivity index is 2.09. The molecule has 2 aromatic rings. The molecule has 0 aliphatic rings. The maximum Gasteiger partial charge on any atom is 0.315 e. The summed E-state index contributed by atoms with van der Waals surface area (Å²) in [5.41, 5.74) is 4.21. The Hall–Kier alpha value is -2.37. The number of aryl methyl sites for hydroxylation is 2. The van der Waals surface area contributed by atoms with Crippen molar-refractivity contribution in [3.63, 3.8) is 0 Å². The van der Waals surface area contributed by atoms with Crippen molar-refractivity contribution in [2.75, 3.05) is 0 Å². The van der Waals surface area contributed by atoms with Gasteiger partial charge in [-0.25, -0.2) is 4.79 Å². The van der Waals surface area contributed by atoms with Gasteiger partial charge in [-0.15, -0.1) is 0 Å². The van der Waals surface area contributed by atoms with Crippen LogP contribution in [0.25, 0.3) is 0 Å². The van der Waals surface area contributed by atoms with Crippen LogP contribution in [0.2, 0.25) is 0 Å². The minimum absolute atomic E-state index is 0.0263. The molecule has 2 amide bonds. The number of amides is 2. The molecule has 0 saturated carbocycles. The van der Waals surface area contributed by atoms with E-state index < -0.39 is 0 Å². The van der Waals surface area contributed by atoms with Crippen molar-refractivity contribution in [1.29, 1.82) is 0 Å². The summed E-state index contributed by atoms with van der Waals surface area (Å²) < 4.78 is 1.86. The molecule has 0 fully saturated rings. The van der Waals surface area contributed by atoms with E-state index in [9.17, 15) is 4.79 Å². The fourth-order valence-electron chi connectivity index (χ4n) is 3.05. The van der Waals surface area contributed by atoms with Crippen LogP contribution in [0.15, 0.2) is 24.5 Å². The van der Waals surface area contributed by atoms with E-state index in [2.05, 4.69) is 34.6 Å². The molecule has 0 spiro atoms. The Kier molecular flexibility index (Phi) is 5.95. The second-order valence-corrected chi connectivity index (χ2v) is 6.03. The lowest BCUT2D eigenvalue weighted by atomic mass is 10.0. The molecule has 0 unspecified atom stereocenters. The Bertz CT molecular complexity index is 680. The molecular formula is C18H27N5O. The van der Waals surface area contributed by atoms with Crippen molar-refractivity contribution < 1.29 is 4.79 Å². The molecule has 2 N–H and O–H groups in total. The second kappa shape index (κ2) is 7.95. The summed E-state index contributed by atoms with van der Waals surface area (Å²) in [7, 11) is 1.93. The third-order valence-corrected chi connectivity index (χ3v) is 4.45. The van der Waals surface area contributed by atoms with E-state index in [1.54, 1.807) is 12.4 Å². The van der Waals surface area contributed by atoms with Crippen LogP contribution in [-0.2, 0) is 7.05 Å². The third kappa shape index (κ3) is 3.93. The smallest absolute Gasteiger partial charge is 0.315 e. The highest BCUT2D eigenvalue weighted by atomic mass is 16.2. The maximum atomic E-state index is 12.5. The van der Waals surface area contributed by atoms with Gasteiger partial charge < -0.3 is 10.6 Å². The molecule has 2 aromatic heterocycles. The van der Waals surface area contributed by atoms with Gasteiger partial charge in [-0.3, -0.25) is 9.67 Å². The standard InChI is InChI=1S/C18H27N5O/c1-6-15(14-8-10-19-11-9-14)20-18(24)21-16(7-2)17-12(3)22-23(5)13(17)4/h8-11,15-16H,6-7H2,1-5H3,(H2,20,21,24)/t15-,16-/m1/s1. The first-order valence-corrected chi connectivity index (χ1v) is 8.44. The highest BCUT2D eigenvalue weighted by molar-refractivity contribution is 5.75. The fraction of sp³-hybridized carbons (Fsp3) is 0.500. The van der Waals surface area contributed by atoms with Gasteiger partial charge in [-0.2, -0.15) is 5.10 Å². The van der Waals surface area contributed by atoms with Gasteiger partial charge in [0.1, 0.15) is 0 Å². The highest BCUT2D eigenvalue weighted by Crippen LogP contribution is 2.24. The Labute approximate surface area is 143 Å². The van der Waals surface area contributed by atoms with Crippen LogP contribution < -0.4 is 10.6 Å². The molecule has 0 saturated heterocycles. The summed E-state index contributed by atoms with van der Waals surface area (Å²) in [5.74, 6) is 0. The number of carbonyl (C=O) groups excluding carboxylic acids is 1. The first kappa shape index (κ1) is 18.0. The molecule has 24 heavy (non-hydrogen) atoms. The van der Waals surface area contributed by atoms with Gasteiger partial charge in [0.15, 0.2) is 0 Å². The van der Waals surface area contributed by atoms with Crippen LogP contribution in [0.3, 0.4) is 0 Å². The van der Waals surface area contributed by atoms with Crippen LogP contribution >= 0.6 is 0 Å². The van der Waals surface area contributed by atoms with Crippen LogP contribution in [0.5, 0.6) is 0 Å². The highest BCUT2D eigenvalue weighted by Gasteiger charge is 2.21. The summed E-state index contributed by atoms with van der Waals surface area (Å²) in [5, 5.41) is 10.6. The molecule has 0 radical (unpaired) electrons. The van der Waals surface area contributed by atoms with Crippen molar-refractivity contribution >= 4 is 6.03 Å². The van der Waals surface area contributed by atoms with E-state index in [4.69, 9.17) is 0 Å². The molecule has 6 heteroatoms. The van der Waals surface area contributed by atoms with Gasteiger partial charge in [0.2, 0.25) is 0 Å². The fourth-order valence-corrected chi connectivity index (χ4v) is 3.05. The molecule has 0 bridgehead atoms. The number of hydrogen-bond acceptors (Lipinski definition) is 3. The van der Waals surface area contributed by atoms with Gasteiger partial charge in [0.25, 0.3) is 0 Å². The van der Waals surface area contributed by atoms with E-state index in [1.807, 2.05) is 37.7 Å². The predicted octanol–water partition coefficient (Wildman–Crippen LogP) is 3.33. The number of nitrogens with one attached hydrogen (secondary N) is 2. The number of pyridine rings is 1. The van der Waals surface area contributed by atoms with Crippen LogP contribution in [0.4, 0.5) is 4.79 Å². The number of urea groups is 1. The number of carbonyl (C=O) groups is 1. The molecular weight excluding hydrogens is 302 g/mol. The van der Waals surface area contributed by atoms with Crippen LogP contribution in [0.1, 0.15) is 61.3 Å². The summed E-state index contributed by atoms with van der Waals surface area (Å²) >= 11 is 0. The Morgan fingerprint density at radius 1 is 1.12 bits per heavy atom. The average Bonchev–Trinajstić information content (AvgIpc) is 2.84. The van der Waals surface area contributed by atoms with Gasteiger partial charge in [-0.05, 0) is 44.4 Å². The minimum Gasteiger partial charge on any atom is -0.331 e. The Morgan fingerprint density at radius 2 is 1.71 bits per heavy atom. The van der Waals surface area contributed by atoms with Crippen molar-refractivity contribution in [2.24, 2.45) is 7.05 Å². The van der Waals surface area contributed by atoms with Gasteiger partial charge in [-0.1, -0.05) is 13.8 Å². The van der Waals surface area contributed by atoms with Crippen molar-refractivity contribution in [3.8, 4) is 0 Å². The lowest BCUT2D eigenvalue weighted by molar-refractivity contribution is 0.232. The van der Waals surface area contributed by atoms with Crippen molar-refractivity contribution in [3.05, 3.63) is 47.0 Å². The molecule has 2 atom stereocenters. The van der Waals surface area contributed by atoms with Gasteiger partial charge in [0.05, 0.1) is 17.8 Å². The first-order chi connectivity index (χ1) is 11.5. The normalized spacial score (nSPS) is 13.4. The average molecular weight is 329 g/mol. The number of aromatic nitrogens is 3. The molecule has 0 aromatic carbocycles. The van der Waals surface area contributed by atoms with Crippen molar-refractivity contribution in [2.45, 2.75) is 52.6 Å². The number of rotatable bonds is 6. The summed E-state index contributed by atoms with van der Waals surface area (Å²) in [6, 6.07) is 3.63. The summed E-state index contributed by atoms with van der Waals surface area (Å²) in [6.07, 6.45) is 5.12. The molecule has 6 nitrogen and oxygen atoms in total. The molecule has 0 aliphatic carbocycles. The summed E-state index contributed by atoms with van der Waals surface area (Å²) in [4.78, 5) is 16.5.